The molecule has 0 amide bonds. The Balaban J connectivity index is 1.29. The quantitative estimate of drug-likeness (QED) is 0.311. The minimum absolute atomic E-state index is 0.0214. The highest BCUT2D eigenvalue weighted by Crippen LogP contribution is 2.62. The molecule has 2 heteroatoms. The summed E-state index contributed by atoms with van der Waals surface area (Å²) in [5.41, 5.74) is 17.4. The number of hydrogen-bond donors (Lipinski definition) is 0. The fourth-order valence-corrected chi connectivity index (χ4v) is 9.62. The minimum atomic E-state index is -0.205. The second-order valence-electron chi connectivity index (χ2n) is 15.3. The van der Waals surface area contributed by atoms with Crippen LogP contribution in [0.15, 0.2) is 125 Å². The largest absolute Gasteiger partial charge is 0.212 e. The van der Waals surface area contributed by atoms with E-state index in [1.54, 1.807) is 18.2 Å². The molecule has 6 aliphatic rings. The van der Waals surface area contributed by atoms with Crippen molar-refractivity contribution in [2.24, 2.45) is 17.8 Å². The minimum Gasteiger partial charge on any atom is -0.212 e. The van der Waals surface area contributed by atoms with Crippen LogP contribution in [-0.4, -0.2) is 0 Å². The van der Waals surface area contributed by atoms with E-state index in [0.717, 1.165) is 18.4 Å². The summed E-state index contributed by atoms with van der Waals surface area (Å²) in [6, 6.07) is 12.1. The van der Waals surface area contributed by atoms with E-state index in [1.165, 1.54) is 66.8 Å². The lowest BCUT2D eigenvalue weighted by atomic mass is 9.66. The Morgan fingerprint density at radius 3 is 1.98 bits per heavy atom. The summed E-state index contributed by atoms with van der Waals surface area (Å²) in [5, 5.41) is 0. The lowest BCUT2D eigenvalue weighted by molar-refractivity contribution is 0.531. The fourth-order valence-electron chi connectivity index (χ4n) is 9.62. The number of rotatable bonds is 5. The Morgan fingerprint density at radius 1 is 0.830 bits per heavy atom. The maximum atomic E-state index is 14.2. The van der Waals surface area contributed by atoms with Gasteiger partial charge in [-0.2, -0.15) is 0 Å². The molecule has 2 aromatic carbocycles. The van der Waals surface area contributed by atoms with Crippen molar-refractivity contribution in [3.8, 4) is 0 Å². The lowest BCUT2D eigenvalue weighted by Gasteiger charge is -2.38. The van der Waals surface area contributed by atoms with Crippen molar-refractivity contribution in [1.29, 1.82) is 0 Å². The Kier molecular flexibility index (Phi) is 6.92. The normalized spacial score (nSPS) is 25.1. The maximum absolute atomic E-state index is 14.2. The highest BCUT2D eigenvalue weighted by Gasteiger charge is 2.49. The van der Waals surface area contributed by atoms with Crippen molar-refractivity contribution in [2.45, 2.75) is 78.1 Å². The van der Waals surface area contributed by atoms with E-state index >= 15 is 0 Å². The number of hydrogen-bond acceptors (Lipinski definition) is 0. The summed E-state index contributed by atoms with van der Waals surface area (Å²) in [6.07, 6.45) is 23.4. The Hall–Kier alpha value is -4.04. The monoisotopic (exact) mass is 622 g/mol. The Labute approximate surface area is 279 Å². The molecule has 8 rings (SSSR count). The summed E-state index contributed by atoms with van der Waals surface area (Å²) in [7, 11) is 0. The molecule has 3 unspecified atom stereocenters. The molecule has 238 valence electrons. The second-order valence-corrected chi connectivity index (χ2v) is 15.3. The third-order valence-electron chi connectivity index (χ3n) is 12.0. The van der Waals surface area contributed by atoms with E-state index in [1.807, 2.05) is 19.1 Å². The predicted molar refractivity (Wildman–Crippen MR) is 193 cm³/mol. The van der Waals surface area contributed by atoms with E-state index in [4.69, 9.17) is 0 Å². The molecule has 0 fully saturated rings. The van der Waals surface area contributed by atoms with Crippen LogP contribution in [0.4, 0.5) is 8.78 Å². The molecular formula is C45H44F2. The van der Waals surface area contributed by atoms with Crippen LogP contribution in [0.3, 0.4) is 0 Å². The SMILES string of the molecule is CC/C(F)=C\CC(C)C1=CC2=C(C3CC=CC=C13)C(C)(C)c1cc3c(cc12)C(C)(C)C1=C3C=C(c2ccc(F)cc2)C2=CC=CCC21. The lowest BCUT2D eigenvalue weighted by Crippen LogP contribution is -2.27. The van der Waals surface area contributed by atoms with Gasteiger partial charge in [-0.3, -0.25) is 0 Å². The molecule has 2 aromatic rings. The molecule has 0 aromatic heterocycles. The topological polar surface area (TPSA) is 0 Å². The van der Waals surface area contributed by atoms with Crippen molar-refractivity contribution in [3.63, 3.8) is 0 Å². The van der Waals surface area contributed by atoms with E-state index < -0.39 is 0 Å². The molecule has 0 heterocycles. The van der Waals surface area contributed by atoms with Crippen molar-refractivity contribution in [3.05, 3.63) is 158 Å². The molecular weight excluding hydrogens is 578 g/mol. The second kappa shape index (κ2) is 10.7. The number of halogens is 2. The third kappa shape index (κ3) is 4.43. The van der Waals surface area contributed by atoms with Gasteiger partial charge in [-0.25, -0.2) is 8.78 Å². The number of benzene rings is 2. The van der Waals surface area contributed by atoms with Crippen LogP contribution in [0, 0.1) is 23.6 Å². The van der Waals surface area contributed by atoms with Gasteiger partial charge in [0.1, 0.15) is 5.82 Å². The first-order chi connectivity index (χ1) is 22.5. The molecule has 0 saturated heterocycles. The van der Waals surface area contributed by atoms with Gasteiger partial charge in [-0.1, -0.05) is 102 Å². The average Bonchev–Trinajstić information content (AvgIpc) is 3.44. The zero-order chi connectivity index (χ0) is 32.8. The van der Waals surface area contributed by atoms with Crippen LogP contribution in [0.2, 0.25) is 0 Å². The predicted octanol–water partition coefficient (Wildman–Crippen LogP) is 12.2. The molecule has 0 bridgehead atoms. The summed E-state index contributed by atoms with van der Waals surface area (Å²) >= 11 is 0. The van der Waals surface area contributed by atoms with E-state index in [2.05, 4.69) is 95.4 Å². The van der Waals surface area contributed by atoms with Gasteiger partial charge in [-0.05, 0) is 134 Å². The van der Waals surface area contributed by atoms with Crippen LogP contribution < -0.4 is 0 Å². The van der Waals surface area contributed by atoms with E-state index in [-0.39, 0.29) is 28.4 Å². The molecule has 0 spiro atoms. The van der Waals surface area contributed by atoms with Crippen molar-refractivity contribution >= 4 is 16.7 Å². The molecule has 0 N–H and O–H groups in total. The average molecular weight is 623 g/mol. The van der Waals surface area contributed by atoms with Gasteiger partial charge in [0.15, 0.2) is 0 Å². The molecule has 0 radical (unpaired) electrons. The van der Waals surface area contributed by atoms with Gasteiger partial charge in [0.25, 0.3) is 0 Å². The summed E-state index contributed by atoms with van der Waals surface area (Å²) in [6.45, 7) is 13.8. The first kappa shape index (κ1) is 30.3. The summed E-state index contributed by atoms with van der Waals surface area (Å²) < 4.78 is 28.2. The van der Waals surface area contributed by atoms with E-state index in [0.29, 0.717) is 24.7 Å². The van der Waals surface area contributed by atoms with Gasteiger partial charge < -0.3 is 0 Å². The molecule has 0 aliphatic heterocycles. The first-order valence-electron chi connectivity index (χ1n) is 17.5. The van der Waals surface area contributed by atoms with Crippen LogP contribution in [0.1, 0.15) is 95.0 Å². The van der Waals surface area contributed by atoms with Gasteiger partial charge in [0, 0.05) is 22.7 Å². The van der Waals surface area contributed by atoms with Gasteiger partial charge in [0.05, 0.1) is 5.83 Å². The van der Waals surface area contributed by atoms with Crippen LogP contribution in [0.5, 0.6) is 0 Å². The molecule has 47 heavy (non-hydrogen) atoms. The fraction of sp³-hybridized carbons (Fsp3) is 0.333. The summed E-state index contributed by atoms with van der Waals surface area (Å²) in [5.74, 6) is 0.628. The van der Waals surface area contributed by atoms with Gasteiger partial charge in [-0.15, -0.1) is 0 Å². The Bertz CT molecular complexity index is 2000. The molecule has 6 aliphatic carbocycles. The number of allylic oxidation sites excluding steroid dienone is 18. The van der Waals surface area contributed by atoms with Crippen LogP contribution in [0.25, 0.3) is 16.7 Å². The Morgan fingerprint density at radius 2 is 1.38 bits per heavy atom. The highest BCUT2D eigenvalue weighted by molar-refractivity contribution is 6.01. The van der Waals surface area contributed by atoms with Gasteiger partial charge in [0.2, 0.25) is 0 Å². The summed E-state index contributed by atoms with van der Waals surface area (Å²) in [4.78, 5) is 0. The highest BCUT2D eigenvalue weighted by atomic mass is 19.1. The maximum Gasteiger partial charge on any atom is 0.123 e. The van der Waals surface area contributed by atoms with E-state index in [9.17, 15) is 8.78 Å². The zero-order valence-electron chi connectivity index (χ0n) is 28.5. The van der Waals surface area contributed by atoms with Crippen LogP contribution >= 0.6 is 0 Å². The smallest absolute Gasteiger partial charge is 0.123 e. The zero-order valence-corrected chi connectivity index (χ0v) is 28.5. The van der Waals surface area contributed by atoms with Gasteiger partial charge >= 0.3 is 0 Å². The van der Waals surface area contributed by atoms with Crippen molar-refractivity contribution in [2.75, 3.05) is 0 Å². The number of fused-ring (bicyclic) bond motifs is 8. The standard InChI is InChI=1S/C45H44F2/c1-7-28(46)19-16-26(2)34-22-38-36-24-41-37(25-40(36)44(3,4)42(38)32-14-10-8-12-30(32)34)39-23-35(27-17-20-29(47)21-18-27)31-13-9-11-15-33(31)43(39)45(41,5)6/h8-13,17-26,32-33H,7,14-16H2,1-6H3/b28-19+. The van der Waals surface area contributed by atoms with Crippen molar-refractivity contribution < 1.29 is 8.78 Å². The first-order valence-corrected chi connectivity index (χ1v) is 17.5. The molecule has 0 saturated carbocycles. The van der Waals surface area contributed by atoms with Crippen LogP contribution in [-0.2, 0) is 10.8 Å². The third-order valence-corrected chi connectivity index (χ3v) is 12.0. The van der Waals surface area contributed by atoms with Crippen molar-refractivity contribution in [1.82, 2.24) is 0 Å². The molecule has 3 atom stereocenters. The molecule has 0 nitrogen and oxygen atoms in total.